The number of amides is 1. The van der Waals surface area contributed by atoms with Gasteiger partial charge >= 0.3 is 5.97 Å². The van der Waals surface area contributed by atoms with Gasteiger partial charge in [0.1, 0.15) is 16.1 Å². The molecule has 0 spiro atoms. The quantitative estimate of drug-likeness (QED) is 0.384. The van der Waals surface area contributed by atoms with E-state index in [0.29, 0.717) is 5.56 Å². The molecule has 1 heterocycles. The van der Waals surface area contributed by atoms with E-state index < -0.39 is 16.8 Å². The van der Waals surface area contributed by atoms with Crippen LogP contribution in [0.2, 0.25) is 0 Å². The van der Waals surface area contributed by atoms with E-state index in [-0.39, 0.29) is 21.8 Å². The average molecular weight is 396 g/mol. The zero-order chi connectivity index (χ0) is 20.3. The molecule has 0 bridgehead atoms. The Balaban J connectivity index is 2.07. The minimum atomic E-state index is -0.668. The molecule has 1 aromatic heterocycles. The summed E-state index contributed by atoms with van der Waals surface area (Å²) in [5.41, 5.74) is 1.30. The zero-order valence-electron chi connectivity index (χ0n) is 15.1. The number of hydrogen-bond acceptors (Lipinski definition) is 6. The lowest BCUT2D eigenvalue weighted by Crippen LogP contribution is -2.15. The number of nitro benzene ring substituents is 1. The predicted octanol–water partition coefficient (Wildman–Crippen LogP) is 4.67. The predicted molar refractivity (Wildman–Crippen MR) is 107 cm³/mol. The zero-order valence-corrected chi connectivity index (χ0v) is 15.9. The van der Waals surface area contributed by atoms with Crippen molar-refractivity contribution in [3.63, 3.8) is 0 Å². The second-order valence-corrected chi connectivity index (χ2v) is 7.05. The normalized spacial score (nSPS) is 10.4. The van der Waals surface area contributed by atoms with Crippen LogP contribution in [0.4, 0.5) is 10.7 Å². The van der Waals surface area contributed by atoms with Crippen molar-refractivity contribution >= 4 is 33.9 Å². The second kappa shape index (κ2) is 8.01. The van der Waals surface area contributed by atoms with Gasteiger partial charge in [-0.1, -0.05) is 42.5 Å². The molecule has 0 aliphatic rings. The summed E-state index contributed by atoms with van der Waals surface area (Å²) in [5, 5.41) is 14.1. The molecule has 142 valence electrons. The van der Waals surface area contributed by atoms with Gasteiger partial charge in [0.25, 0.3) is 11.6 Å². The molecule has 0 saturated heterocycles. The van der Waals surface area contributed by atoms with Gasteiger partial charge in [-0.25, -0.2) is 4.79 Å². The van der Waals surface area contributed by atoms with Crippen molar-refractivity contribution in [1.82, 2.24) is 0 Å². The number of nitro groups is 1. The molecular formula is C20H16N2O5S. The van der Waals surface area contributed by atoms with Gasteiger partial charge in [0.2, 0.25) is 0 Å². The molecule has 3 rings (SSSR count). The summed E-state index contributed by atoms with van der Waals surface area (Å²) in [6, 6.07) is 14.9. The number of carbonyl (C=O) groups excluding carboxylic acids is 2. The van der Waals surface area contributed by atoms with Gasteiger partial charge in [-0.15, -0.1) is 11.3 Å². The summed E-state index contributed by atoms with van der Waals surface area (Å²) < 4.78 is 4.91. The highest BCUT2D eigenvalue weighted by Crippen LogP contribution is 2.40. The Morgan fingerprint density at radius 2 is 1.71 bits per heavy atom. The molecule has 3 aromatic rings. The van der Waals surface area contributed by atoms with Gasteiger partial charge in [0.15, 0.2) is 0 Å². The summed E-state index contributed by atoms with van der Waals surface area (Å²) in [6.45, 7) is 1.83. The first-order valence-corrected chi connectivity index (χ1v) is 9.07. The molecule has 0 aliphatic heterocycles. The Morgan fingerprint density at radius 1 is 1.07 bits per heavy atom. The van der Waals surface area contributed by atoms with E-state index in [2.05, 4.69) is 5.32 Å². The standard InChI is InChI=1S/C20H16N2O5S/c1-12-16(13-8-4-3-5-9-13)17(20(24)27-2)19(28-12)21-18(23)14-10-6-7-11-15(14)22(25)26/h3-11H,1-2H3,(H,21,23). The van der Waals surface area contributed by atoms with Crippen LogP contribution in [0.15, 0.2) is 54.6 Å². The maximum Gasteiger partial charge on any atom is 0.341 e. The van der Waals surface area contributed by atoms with E-state index >= 15 is 0 Å². The molecule has 8 heteroatoms. The number of aryl methyl sites for hydroxylation is 1. The topological polar surface area (TPSA) is 98.5 Å². The molecule has 0 atom stereocenters. The van der Waals surface area contributed by atoms with Crippen molar-refractivity contribution in [2.75, 3.05) is 12.4 Å². The molecule has 1 amide bonds. The number of methoxy groups -OCH3 is 1. The van der Waals surface area contributed by atoms with Crippen LogP contribution in [0.1, 0.15) is 25.6 Å². The summed E-state index contributed by atoms with van der Waals surface area (Å²) in [7, 11) is 1.26. The van der Waals surface area contributed by atoms with Crippen molar-refractivity contribution in [2.24, 2.45) is 0 Å². The maximum absolute atomic E-state index is 12.7. The lowest BCUT2D eigenvalue weighted by molar-refractivity contribution is -0.385. The number of benzene rings is 2. The van der Waals surface area contributed by atoms with E-state index in [4.69, 9.17) is 4.74 Å². The monoisotopic (exact) mass is 396 g/mol. The van der Waals surface area contributed by atoms with Crippen molar-refractivity contribution in [1.29, 1.82) is 0 Å². The molecular weight excluding hydrogens is 380 g/mol. The molecule has 0 unspecified atom stereocenters. The molecule has 0 fully saturated rings. The fourth-order valence-electron chi connectivity index (χ4n) is 2.88. The SMILES string of the molecule is COC(=O)c1c(NC(=O)c2ccccc2[N+](=O)[O-])sc(C)c1-c1ccccc1. The highest BCUT2D eigenvalue weighted by Gasteiger charge is 2.27. The fourth-order valence-corrected chi connectivity index (χ4v) is 3.94. The molecule has 28 heavy (non-hydrogen) atoms. The van der Waals surface area contributed by atoms with Gasteiger partial charge in [-0.05, 0) is 18.6 Å². The molecule has 1 N–H and O–H groups in total. The number of carbonyl (C=O) groups is 2. The lowest BCUT2D eigenvalue weighted by atomic mass is 10.0. The fraction of sp³-hybridized carbons (Fsp3) is 0.100. The lowest BCUT2D eigenvalue weighted by Gasteiger charge is -2.08. The van der Waals surface area contributed by atoms with E-state index in [9.17, 15) is 19.7 Å². The van der Waals surface area contributed by atoms with Crippen LogP contribution in [0.3, 0.4) is 0 Å². The van der Waals surface area contributed by atoms with E-state index in [1.54, 1.807) is 0 Å². The summed E-state index contributed by atoms with van der Waals surface area (Å²) in [4.78, 5) is 36.5. The maximum atomic E-state index is 12.7. The molecule has 0 radical (unpaired) electrons. The average Bonchev–Trinajstić information content (AvgIpc) is 3.03. The van der Waals surface area contributed by atoms with Crippen LogP contribution in [0, 0.1) is 17.0 Å². The van der Waals surface area contributed by atoms with Gasteiger partial charge in [-0.3, -0.25) is 14.9 Å². The number of nitrogens with zero attached hydrogens (tertiary/aromatic N) is 1. The van der Waals surface area contributed by atoms with Crippen LogP contribution in [-0.4, -0.2) is 23.9 Å². The number of hydrogen-bond donors (Lipinski definition) is 1. The van der Waals surface area contributed by atoms with Gasteiger partial charge in [0, 0.05) is 16.5 Å². The number of para-hydroxylation sites is 1. The van der Waals surface area contributed by atoms with Crippen LogP contribution >= 0.6 is 11.3 Å². The largest absolute Gasteiger partial charge is 0.465 e. The van der Waals surface area contributed by atoms with Gasteiger partial charge in [0.05, 0.1) is 12.0 Å². The first-order chi connectivity index (χ1) is 13.4. The third kappa shape index (κ3) is 3.63. The number of ether oxygens (including phenoxy) is 1. The first kappa shape index (κ1) is 19.2. The van der Waals surface area contributed by atoms with Gasteiger partial charge in [-0.2, -0.15) is 0 Å². The Kier molecular flexibility index (Phi) is 5.51. The third-order valence-corrected chi connectivity index (χ3v) is 5.13. The summed E-state index contributed by atoms with van der Waals surface area (Å²) in [5.74, 6) is -1.26. The number of thiophene rings is 1. The second-order valence-electron chi connectivity index (χ2n) is 5.82. The van der Waals surface area contributed by atoms with Gasteiger partial charge < -0.3 is 10.1 Å². The molecule has 7 nitrogen and oxygen atoms in total. The van der Waals surface area contributed by atoms with Crippen molar-refractivity contribution < 1.29 is 19.2 Å². The number of nitrogens with one attached hydrogen (secondary N) is 1. The van der Waals surface area contributed by atoms with Crippen molar-refractivity contribution in [2.45, 2.75) is 6.92 Å². The Morgan fingerprint density at radius 3 is 2.36 bits per heavy atom. The van der Waals surface area contributed by atoms with Crippen LogP contribution in [-0.2, 0) is 4.74 Å². The molecule has 2 aromatic carbocycles. The Bertz CT molecular complexity index is 1060. The smallest absolute Gasteiger partial charge is 0.341 e. The van der Waals surface area contributed by atoms with E-state index in [1.807, 2.05) is 37.3 Å². The first-order valence-electron chi connectivity index (χ1n) is 8.26. The van der Waals surface area contributed by atoms with Crippen LogP contribution in [0.25, 0.3) is 11.1 Å². The minimum absolute atomic E-state index is 0.0874. The van der Waals surface area contributed by atoms with E-state index in [1.165, 1.54) is 42.7 Å². The Hall–Kier alpha value is -3.52. The molecule has 0 aliphatic carbocycles. The summed E-state index contributed by atoms with van der Waals surface area (Å²) in [6.07, 6.45) is 0. The van der Waals surface area contributed by atoms with Crippen LogP contribution < -0.4 is 5.32 Å². The highest BCUT2D eigenvalue weighted by molar-refractivity contribution is 7.17. The minimum Gasteiger partial charge on any atom is -0.465 e. The summed E-state index contributed by atoms with van der Waals surface area (Å²) >= 11 is 1.21. The number of esters is 1. The highest BCUT2D eigenvalue weighted by atomic mass is 32.1. The molecule has 0 saturated carbocycles. The van der Waals surface area contributed by atoms with Crippen molar-refractivity contribution in [3.8, 4) is 11.1 Å². The van der Waals surface area contributed by atoms with Crippen LogP contribution in [0.5, 0.6) is 0 Å². The van der Waals surface area contributed by atoms with Crippen molar-refractivity contribution in [3.05, 3.63) is 80.7 Å². The third-order valence-electron chi connectivity index (χ3n) is 4.11. The number of rotatable bonds is 5. The number of anilines is 1. The Labute approximate surface area is 164 Å². The van der Waals surface area contributed by atoms with E-state index in [0.717, 1.165) is 10.4 Å².